The number of nitrogens with zero attached hydrogens (tertiary/aromatic N) is 1. The van der Waals surface area contributed by atoms with Gasteiger partial charge in [-0.1, -0.05) is 30.3 Å². The number of amides is 1. The first-order valence-corrected chi connectivity index (χ1v) is 7.05. The maximum Gasteiger partial charge on any atom is 0.407 e. The van der Waals surface area contributed by atoms with Gasteiger partial charge in [0.2, 0.25) is 0 Å². The third-order valence-electron chi connectivity index (χ3n) is 3.53. The summed E-state index contributed by atoms with van der Waals surface area (Å²) in [5.41, 5.74) is 0.941. The molecule has 0 aromatic heterocycles. The Morgan fingerprint density at radius 1 is 1.33 bits per heavy atom. The number of benzene rings is 1. The van der Waals surface area contributed by atoms with E-state index in [2.05, 4.69) is 5.32 Å². The summed E-state index contributed by atoms with van der Waals surface area (Å²) in [5.74, 6) is -1.03. The number of alkyl carbamates (subject to hydrolysis) is 1. The van der Waals surface area contributed by atoms with Gasteiger partial charge in [0.25, 0.3) is 0 Å². The topological polar surface area (TPSA) is 78.9 Å². The third-order valence-corrected chi connectivity index (χ3v) is 3.53. The number of carbonyl (C=O) groups excluding carboxylic acids is 1. The number of ether oxygens (including phenoxy) is 1. The highest BCUT2D eigenvalue weighted by molar-refractivity contribution is 5.70. The van der Waals surface area contributed by atoms with Gasteiger partial charge >= 0.3 is 12.1 Å². The van der Waals surface area contributed by atoms with Crippen molar-refractivity contribution >= 4 is 12.1 Å². The zero-order valence-electron chi connectivity index (χ0n) is 11.8. The first kappa shape index (κ1) is 15.3. The van der Waals surface area contributed by atoms with Crippen molar-refractivity contribution in [3.8, 4) is 0 Å². The van der Waals surface area contributed by atoms with Crippen LogP contribution in [0.4, 0.5) is 4.79 Å². The molecule has 0 saturated carbocycles. The van der Waals surface area contributed by atoms with E-state index in [0.717, 1.165) is 12.1 Å². The van der Waals surface area contributed by atoms with Crippen molar-refractivity contribution in [3.05, 3.63) is 35.9 Å². The summed E-state index contributed by atoms with van der Waals surface area (Å²) in [6.45, 7) is 2.66. The Hall–Kier alpha value is -2.08. The average molecular weight is 292 g/mol. The minimum atomic E-state index is -0.743. The molecule has 21 heavy (non-hydrogen) atoms. The Morgan fingerprint density at radius 3 is 2.76 bits per heavy atom. The summed E-state index contributed by atoms with van der Waals surface area (Å²) in [4.78, 5) is 24.4. The molecule has 0 spiro atoms. The van der Waals surface area contributed by atoms with Gasteiger partial charge in [0.05, 0.1) is 5.92 Å². The maximum absolute atomic E-state index is 11.5. The van der Waals surface area contributed by atoms with Gasteiger partial charge in [0, 0.05) is 19.6 Å². The van der Waals surface area contributed by atoms with Gasteiger partial charge < -0.3 is 20.1 Å². The van der Waals surface area contributed by atoms with Crippen LogP contribution in [0.1, 0.15) is 12.0 Å². The number of aliphatic carboxylic acids is 1. The van der Waals surface area contributed by atoms with Crippen LogP contribution in [0, 0.1) is 5.92 Å². The minimum Gasteiger partial charge on any atom is -0.481 e. The van der Waals surface area contributed by atoms with Crippen molar-refractivity contribution in [2.75, 3.05) is 26.2 Å². The summed E-state index contributed by atoms with van der Waals surface area (Å²) < 4.78 is 5.09. The Balaban J connectivity index is 1.58. The molecule has 6 nitrogen and oxygen atoms in total. The number of hydrogen-bond donors (Lipinski definition) is 2. The summed E-state index contributed by atoms with van der Waals surface area (Å²) in [7, 11) is 0. The van der Waals surface area contributed by atoms with Crippen molar-refractivity contribution in [2.24, 2.45) is 5.92 Å². The molecule has 0 unspecified atom stereocenters. The van der Waals surface area contributed by atoms with Crippen LogP contribution in [0.3, 0.4) is 0 Å². The molecule has 1 aromatic rings. The van der Waals surface area contributed by atoms with Crippen molar-refractivity contribution in [2.45, 2.75) is 13.0 Å². The third kappa shape index (κ3) is 5.07. The quantitative estimate of drug-likeness (QED) is 0.826. The van der Waals surface area contributed by atoms with Crippen molar-refractivity contribution in [3.63, 3.8) is 0 Å². The summed E-state index contributed by atoms with van der Waals surface area (Å²) in [5, 5.41) is 11.6. The number of carbonyl (C=O) groups is 2. The van der Waals surface area contributed by atoms with E-state index in [1.807, 2.05) is 35.2 Å². The predicted molar refractivity (Wildman–Crippen MR) is 76.8 cm³/mol. The highest BCUT2D eigenvalue weighted by atomic mass is 16.5. The lowest BCUT2D eigenvalue weighted by Gasteiger charge is -2.15. The number of carboxylic acid groups (broad SMARTS) is 1. The van der Waals surface area contributed by atoms with Crippen LogP contribution >= 0.6 is 0 Å². The first-order chi connectivity index (χ1) is 10.1. The second-order valence-corrected chi connectivity index (χ2v) is 5.11. The van der Waals surface area contributed by atoms with Crippen LogP contribution in [0.5, 0.6) is 0 Å². The second kappa shape index (κ2) is 7.64. The van der Waals surface area contributed by atoms with Gasteiger partial charge in [0.1, 0.15) is 6.61 Å². The molecule has 1 aliphatic rings. The van der Waals surface area contributed by atoms with E-state index >= 15 is 0 Å². The minimum absolute atomic E-state index is 0.247. The lowest BCUT2D eigenvalue weighted by molar-refractivity contribution is -0.141. The second-order valence-electron chi connectivity index (χ2n) is 5.11. The van der Waals surface area contributed by atoms with E-state index in [4.69, 9.17) is 9.84 Å². The van der Waals surface area contributed by atoms with E-state index in [9.17, 15) is 9.59 Å². The molecule has 0 bridgehead atoms. The van der Waals surface area contributed by atoms with Crippen molar-refractivity contribution in [1.29, 1.82) is 0 Å². The Morgan fingerprint density at radius 2 is 2.10 bits per heavy atom. The van der Waals surface area contributed by atoms with E-state index in [1.165, 1.54) is 0 Å². The molecule has 1 aromatic carbocycles. The fourth-order valence-electron chi connectivity index (χ4n) is 2.33. The molecule has 1 saturated heterocycles. The Labute approximate surface area is 123 Å². The normalized spacial score (nSPS) is 18.4. The van der Waals surface area contributed by atoms with Gasteiger partial charge in [-0.25, -0.2) is 4.79 Å². The smallest absolute Gasteiger partial charge is 0.407 e. The molecule has 1 heterocycles. The zero-order chi connectivity index (χ0) is 15.1. The maximum atomic E-state index is 11.5. The molecule has 2 rings (SSSR count). The van der Waals surface area contributed by atoms with Gasteiger partial charge in [0.15, 0.2) is 0 Å². The van der Waals surface area contributed by atoms with E-state index in [-0.39, 0.29) is 12.5 Å². The number of hydrogen-bond acceptors (Lipinski definition) is 4. The largest absolute Gasteiger partial charge is 0.481 e. The molecule has 6 heteroatoms. The fraction of sp³-hybridized carbons (Fsp3) is 0.467. The molecule has 2 N–H and O–H groups in total. The standard InChI is InChI=1S/C15H20N2O4/c18-14(19)13-6-8-17(10-13)9-7-16-15(20)21-11-12-4-2-1-3-5-12/h1-5,13H,6-11H2,(H,16,20)(H,18,19)/t13-/m1/s1. The molecular weight excluding hydrogens is 272 g/mol. The molecule has 1 amide bonds. The van der Waals surface area contributed by atoms with E-state index < -0.39 is 12.1 Å². The summed E-state index contributed by atoms with van der Waals surface area (Å²) in [6.07, 6.45) is 0.223. The van der Waals surface area contributed by atoms with E-state index in [0.29, 0.717) is 26.1 Å². The van der Waals surface area contributed by atoms with Crippen molar-refractivity contribution < 1.29 is 19.4 Å². The monoisotopic (exact) mass is 292 g/mol. The molecule has 1 aliphatic heterocycles. The first-order valence-electron chi connectivity index (χ1n) is 7.05. The van der Waals surface area contributed by atoms with Crippen LogP contribution in [0.25, 0.3) is 0 Å². The van der Waals surface area contributed by atoms with Crippen LogP contribution in [0.15, 0.2) is 30.3 Å². The Bertz CT molecular complexity index is 478. The fourth-order valence-corrected chi connectivity index (χ4v) is 2.33. The van der Waals surface area contributed by atoms with Crippen molar-refractivity contribution in [1.82, 2.24) is 10.2 Å². The Kier molecular flexibility index (Phi) is 5.57. The van der Waals surface area contributed by atoms with E-state index in [1.54, 1.807) is 0 Å². The van der Waals surface area contributed by atoms with Gasteiger partial charge in [-0.2, -0.15) is 0 Å². The van der Waals surface area contributed by atoms with Crippen LogP contribution in [-0.4, -0.2) is 48.2 Å². The molecule has 1 atom stereocenters. The lowest BCUT2D eigenvalue weighted by Crippen LogP contribution is -2.34. The average Bonchev–Trinajstić information content (AvgIpc) is 2.95. The van der Waals surface area contributed by atoms with Gasteiger partial charge in [-0.05, 0) is 18.5 Å². The molecule has 114 valence electrons. The number of carboxylic acids is 1. The van der Waals surface area contributed by atoms with Crippen LogP contribution in [0.2, 0.25) is 0 Å². The van der Waals surface area contributed by atoms with Gasteiger partial charge in [-0.3, -0.25) is 4.79 Å². The highest BCUT2D eigenvalue weighted by Gasteiger charge is 2.27. The van der Waals surface area contributed by atoms with Crippen LogP contribution in [-0.2, 0) is 16.1 Å². The summed E-state index contributed by atoms with van der Waals surface area (Å²) in [6, 6.07) is 9.47. The summed E-state index contributed by atoms with van der Waals surface area (Å²) >= 11 is 0. The lowest BCUT2D eigenvalue weighted by atomic mass is 10.1. The van der Waals surface area contributed by atoms with Crippen LogP contribution < -0.4 is 5.32 Å². The zero-order valence-corrected chi connectivity index (χ0v) is 11.8. The SMILES string of the molecule is O=C(NCCN1CC[C@@H](C(=O)O)C1)OCc1ccccc1. The highest BCUT2D eigenvalue weighted by Crippen LogP contribution is 2.15. The molecule has 0 aliphatic carbocycles. The number of likely N-dealkylation sites (tertiary alicyclic amines) is 1. The predicted octanol–water partition coefficient (Wildman–Crippen LogP) is 1.32. The molecule has 1 fully saturated rings. The number of nitrogens with one attached hydrogen (secondary N) is 1. The van der Waals surface area contributed by atoms with Gasteiger partial charge in [-0.15, -0.1) is 0 Å². The molecule has 0 radical (unpaired) electrons. The molecular formula is C15H20N2O4. The number of rotatable bonds is 6.